The normalized spacial score (nSPS) is 18.6. The van der Waals surface area contributed by atoms with Gasteiger partial charge in [-0.05, 0) is 128 Å². The molecule has 0 spiro atoms. The van der Waals surface area contributed by atoms with Crippen molar-refractivity contribution in [3.63, 3.8) is 0 Å². The molecule has 83 heavy (non-hydrogen) atoms. The van der Waals surface area contributed by atoms with Gasteiger partial charge in [0.05, 0.1) is 6.61 Å². The molecular formula is C71H110O12. The predicted octanol–water partition coefficient (Wildman–Crippen LogP) is 17.1. The largest absolute Gasteiger partial charge is 0.479 e. The number of aliphatic hydroxyl groups is 2. The van der Waals surface area contributed by atoms with Crippen LogP contribution in [0.5, 0.6) is 0 Å². The molecule has 1 saturated heterocycles. The lowest BCUT2D eigenvalue weighted by Gasteiger charge is -2.40. The first-order valence-corrected chi connectivity index (χ1v) is 31.8. The lowest BCUT2D eigenvalue weighted by atomic mass is 9.98. The van der Waals surface area contributed by atoms with Crippen LogP contribution in [0.2, 0.25) is 0 Å². The van der Waals surface area contributed by atoms with Crippen molar-refractivity contribution in [2.24, 2.45) is 0 Å². The Morgan fingerprint density at radius 2 is 0.783 bits per heavy atom. The Hall–Kier alpha value is -5.40. The Labute approximate surface area is 502 Å². The van der Waals surface area contributed by atoms with Crippen LogP contribution in [0.1, 0.15) is 226 Å². The molecule has 1 aliphatic rings. The third-order valence-corrected chi connectivity index (χ3v) is 13.4. The maximum absolute atomic E-state index is 13.2. The van der Waals surface area contributed by atoms with Crippen LogP contribution in [0.3, 0.4) is 0 Å². The lowest BCUT2D eigenvalue weighted by Crippen LogP contribution is -2.61. The second kappa shape index (κ2) is 57.1. The lowest BCUT2D eigenvalue weighted by molar-refractivity contribution is -0.301. The summed E-state index contributed by atoms with van der Waals surface area (Å²) in [7, 11) is 0. The van der Waals surface area contributed by atoms with Gasteiger partial charge in [0.1, 0.15) is 18.8 Å². The van der Waals surface area contributed by atoms with E-state index in [0.717, 1.165) is 148 Å². The van der Waals surface area contributed by atoms with Crippen molar-refractivity contribution in [1.82, 2.24) is 0 Å². The molecule has 0 aromatic heterocycles. The summed E-state index contributed by atoms with van der Waals surface area (Å²) in [6.07, 6.45) is 69.5. The van der Waals surface area contributed by atoms with E-state index in [0.29, 0.717) is 19.3 Å². The van der Waals surface area contributed by atoms with Gasteiger partial charge in [-0.1, -0.05) is 224 Å². The fourth-order valence-corrected chi connectivity index (χ4v) is 8.59. The van der Waals surface area contributed by atoms with Crippen molar-refractivity contribution in [2.75, 3.05) is 13.2 Å². The minimum atomic E-state index is -1.93. The second-order valence-corrected chi connectivity index (χ2v) is 20.9. The molecule has 1 rings (SSSR count). The predicted molar refractivity (Wildman–Crippen MR) is 339 cm³/mol. The fourth-order valence-electron chi connectivity index (χ4n) is 8.59. The number of esters is 3. The summed E-state index contributed by atoms with van der Waals surface area (Å²) in [4.78, 5) is 51.3. The molecule has 6 atom stereocenters. The molecule has 466 valence electrons. The van der Waals surface area contributed by atoms with Crippen molar-refractivity contribution in [2.45, 2.75) is 263 Å². The smallest absolute Gasteiger partial charge is 0.335 e. The van der Waals surface area contributed by atoms with E-state index in [1.807, 2.05) is 12.2 Å². The van der Waals surface area contributed by atoms with Crippen LogP contribution >= 0.6 is 0 Å². The van der Waals surface area contributed by atoms with E-state index >= 15 is 0 Å². The Kier molecular flexibility index (Phi) is 52.0. The van der Waals surface area contributed by atoms with Gasteiger partial charge in [0.15, 0.2) is 24.6 Å². The van der Waals surface area contributed by atoms with Gasteiger partial charge in [-0.3, -0.25) is 14.4 Å². The summed E-state index contributed by atoms with van der Waals surface area (Å²) >= 11 is 0. The molecule has 0 aliphatic carbocycles. The number of hydrogen-bond acceptors (Lipinski definition) is 11. The highest BCUT2D eigenvalue weighted by atomic mass is 16.7. The first-order chi connectivity index (χ1) is 40.6. The molecule has 0 amide bonds. The van der Waals surface area contributed by atoms with Crippen molar-refractivity contribution in [3.8, 4) is 0 Å². The molecule has 0 bridgehead atoms. The standard InChI is InChI=1S/C71H110O12/c1-4-7-10-13-16-19-22-25-28-30-32-34-37-39-42-45-48-51-54-57-63(72)79-60-62(81-64(73)58-55-52-49-46-43-40-36-27-24-21-18-15-12-9-6-3)61-80-71-69(67(76)66(75)68(83-71)70(77)78)82-65(74)59-56-53-50-47-44-41-38-35-33-31-29-26-23-20-17-14-11-8-5-2/h7-8,10-11,16-21,25-29,32-36,39,42,48,51,62,66-69,71,75-76H,4-6,9,12-15,22-24,30-31,37-38,40-41,43-47,49-50,52-61H2,1-3H3,(H,77,78)/b10-7-,11-8-,19-16-,20-17-,21-18-,28-25-,29-26-,34-32-,35-33-,36-27-,42-39-,51-48-. The van der Waals surface area contributed by atoms with Crippen LogP contribution in [-0.2, 0) is 42.9 Å². The van der Waals surface area contributed by atoms with E-state index in [2.05, 4.69) is 154 Å². The summed E-state index contributed by atoms with van der Waals surface area (Å²) in [5, 5.41) is 31.6. The summed E-state index contributed by atoms with van der Waals surface area (Å²) in [5.74, 6) is -3.29. The molecule has 6 unspecified atom stereocenters. The van der Waals surface area contributed by atoms with Gasteiger partial charge in [0, 0.05) is 19.3 Å². The molecule has 1 aliphatic heterocycles. The Balaban J connectivity index is 2.74. The molecular weight excluding hydrogens is 1040 g/mol. The summed E-state index contributed by atoms with van der Waals surface area (Å²) in [5.41, 5.74) is 0. The van der Waals surface area contributed by atoms with Crippen LogP contribution in [0, 0.1) is 0 Å². The van der Waals surface area contributed by atoms with Gasteiger partial charge >= 0.3 is 23.9 Å². The monoisotopic (exact) mass is 1150 g/mol. The fraction of sp³-hybridized carbons (Fsp3) is 0.606. The van der Waals surface area contributed by atoms with Crippen LogP contribution in [0.4, 0.5) is 0 Å². The highest BCUT2D eigenvalue weighted by molar-refractivity contribution is 5.74. The summed E-state index contributed by atoms with van der Waals surface area (Å²) in [6.45, 7) is 5.66. The number of allylic oxidation sites excluding steroid dienone is 24. The minimum absolute atomic E-state index is 0.0271. The average molecular weight is 1160 g/mol. The first-order valence-electron chi connectivity index (χ1n) is 31.8. The van der Waals surface area contributed by atoms with Crippen molar-refractivity contribution in [3.05, 3.63) is 146 Å². The number of unbranched alkanes of at least 4 members (excludes halogenated alkanes) is 14. The molecule has 1 fully saturated rings. The van der Waals surface area contributed by atoms with E-state index in [1.54, 1.807) is 0 Å². The third-order valence-electron chi connectivity index (χ3n) is 13.4. The van der Waals surface area contributed by atoms with Gasteiger partial charge in [-0.25, -0.2) is 4.79 Å². The Bertz CT molecular complexity index is 2000. The number of rotatable bonds is 52. The minimum Gasteiger partial charge on any atom is -0.479 e. The molecule has 1 heterocycles. The number of hydrogen-bond donors (Lipinski definition) is 3. The number of aliphatic hydroxyl groups excluding tert-OH is 2. The number of carbonyl (C=O) groups excluding carboxylic acids is 3. The van der Waals surface area contributed by atoms with E-state index in [1.165, 1.54) is 19.3 Å². The molecule has 0 aromatic rings. The van der Waals surface area contributed by atoms with Gasteiger partial charge in [-0.15, -0.1) is 0 Å². The van der Waals surface area contributed by atoms with Crippen molar-refractivity contribution >= 4 is 23.9 Å². The van der Waals surface area contributed by atoms with Gasteiger partial charge in [0.2, 0.25) is 0 Å². The number of carboxylic acids is 1. The molecule has 0 aromatic carbocycles. The molecule has 12 heteroatoms. The van der Waals surface area contributed by atoms with Crippen LogP contribution in [0.15, 0.2) is 146 Å². The number of carbonyl (C=O) groups is 4. The molecule has 12 nitrogen and oxygen atoms in total. The van der Waals surface area contributed by atoms with E-state index in [4.69, 9.17) is 23.7 Å². The highest BCUT2D eigenvalue weighted by Gasteiger charge is 2.50. The van der Waals surface area contributed by atoms with Gasteiger partial charge in [-0.2, -0.15) is 0 Å². The molecule has 0 radical (unpaired) electrons. The maximum Gasteiger partial charge on any atom is 0.335 e. The quantitative estimate of drug-likeness (QED) is 0.0228. The molecule has 3 N–H and O–H groups in total. The third kappa shape index (κ3) is 46.6. The number of carboxylic acid groups (broad SMARTS) is 1. The van der Waals surface area contributed by atoms with Gasteiger partial charge in [0.25, 0.3) is 0 Å². The molecule has 0 saturated carbocycles. The maximum atomic E-state index is 13.2. The number of aliphatic carboxylic acids is 1. The van der Waals surface area contributed by atoms with Crippen LogP contribution in [-0.4, -0.2) is 89.2 Å². The second-order valence-electron chi connectivity index (χ2n) is 20.9. The Morgan fingerprint density at radius 1 is 0.410 bits per heavy atom. The van der Waals surface area contributed by atoms with Crippen LogP contribution in [0.25, 0.3) is 0 Å². The van der Waals surface area contributed by atoms with Gasteiger partial charge < -0.3 is 39.0 Å². The summed E-state index contributed by atoms with van der Waals surface area (Å²) < 4.78 is 28.4. The van der Waals surface area contributed by atoms with E-state index in [9.17, 15) is 34.5 Å². The Morgan fingerprint density at radius 3 is 1.20 bits per heavy atom. The zero-order valence-corrected chi connectivity index (χ0v) is 51.4. The first kappa shape index (κ1) is 75.6. The topological polar surface area (TPSA) is 175 Å². The highest BCUT2D eigenvalue weighted by Crippen LogP contribution is 2.26. The van der Waals surface area contributed by atoms with Crippen LogP contribution < -0.4 is 0 Å². The SMILES string of the molecule is CC/C=C\C/C=C\C/C=C\C/C=C\C/C=C\C/C=C\CCC(=O)OCC(COC1OC(C(=O)O)C(O)C(O)C1OC(=O)CCCCCCCC/C=C\C/C=C\C/C=C\C/C=C\CC)OC(=O)CCCCCCC/C=C\C/C=C\CCCCC. The van der Waals surface area contributed by atoms with E-state index < -0.39 is 67.3 Å². The van der Waals surface area contributed by atoms with Crippen molar-refractivity contribution < 1.29 is 58.2 Å². The summed E-state index contributed by atoms with van der Waals surface area (Å²) in [6, 6.07) is 0. The number of ether oxygens (including phenoxy) is 5. The van der Waals surface area contributed by atoms with Crippen molar-refractivity contribution in [1.29, 1.82) is 0 Å². The van der Waals surface area contributed by atoms with E-state index in [-0.39, 0.29) is 25.9 Å². The zero-order chi connectivity index (χ0) is 60.3. The average Bonchev–Trinajstić information content (AvgIpc) is 3.57. The zero-order valence-electron chi connectivity index (χ0n) is 51.4.